The lowest BCUT2D eigenvalue weighted by Crippen LogP contribution is -2.38. The molecule has 2 aliphatic rings. The molecule has 0 bridgehead atoms. The third kappa shape index (κ3) is 5.22. The fraction of sp³-hybridized carbons (Fsp3) is 0.700. The number of aliphatic hydroxyl groups excluding tert-OH is 1. The van der Waals surface area contributed by atoms with E-state index in [4.69, 9.17) is 26.0 Å². The lowest BCUT2D eigenvalue weighted by molar-refractivity contribution is -0.119. The summed E-state index contributed by atoms with van der Waals surface area (Å²) in [5, 5.41) is 8.87. The molecule has 0 aromatic rings. The molecule has 0 amide bonds. The molecule has 5 N–H and O–H groups in total. The van der Waals surface area contributed by atoms with Gasteiger partial charge in [-0.15, -0.1) is 0 Å². The predicted molar refractivity (Wildman–Crippen MR) is 57.5 cm³/mol. The fourth-order valence-corrected chi connectivity index (χ4v) is 1.40. The summed E-state index contributed by atoms with van der Waals surface area (Å²) in [6, 6.07) is 0.0405. The standard InChI is InChI=1S/C5H11NO2.C5H7NO2/c2*6-4-1-5(7)3-8-2-4/h4-5,7H,1-3,6H2;1H,2-3,6H2. The zero-order valence-electron chi connectivity index (χ0n) is 9.09. The summed E-state index contributed by atoms with van der Waals surface area (Å²) >= 11 is 0. The van der Waals surface area contributed by atoms with Gasteiger partial charge in [-0.05, 0) is 6.42 Å². The number of rotatable bonds is 0. The van der Waals surface area contributed by atoms with Crippen LogP contribution in [0.5, 0.6) is 0 Å². The molecule has 92 valence electrons. The lowest BCUT2D eigenvalue weighted by Gasteiger charge is -2.22. The van der Waals surface area contributed by atoms with Gasteiger partial charge in [0.15, 0.2) is 5.78 Å². The summed E-state index contributed by atoms with van der Waals surface area (Å²) in [6.45, 7) is 1.62. The molecule has 1 saturated heterocycles. The molecule has 0 aromatic heterocycles. The molecule has 1 fully saturated rings. The highest BCUT2D eigenvalue weighted by Gasteiger charge is 2.16. The van der Waals surface area contributed by atoms with Gasteiger partial charge in [-0.25, -0.2) is 0 Å². The Labute approximate surface area is 94.2 Å². The number of hydrogen-bond acceptors (Lipinski definition) is 6. The number of nitrogens with two attached hydrogens (primary N) is 2. The van der Waals surface area contributed by atoms with E-state index in [1.165, 1.54) is 6.08 Å². The Morgan fingerprint density at radius 1 is 1.31 bits per heavy atom. The van der Waals surface area contributed by atoms with Gasteiger partial charge in [0.1, 0.15) is 6.61 Å². The van der Waals surface area contributed by atoms with Crippen molar-refractivity contribution in [2.45, 2.75) is 18.6 Å². The molecule has 0 radical (unpaired) electrons. The van der Waals surface area contributed by atoms with Gasteiger partial charge < -0.3 is 26.0 Å². The molecule has 2 aliphatic heterocycles. The van der Waals surface area contributed by atoms with Gasteiger partial charge in [-0.2, -0.15) is 0 Å². The first kappa shape index (κ1) is 13.1. The molecule has 0 spiro atoms. The first-order chi connectivity index (χ1) is 7.58. The number of aliphatic hydroxyl groups is 1. The van der Waals surface area contributed by atoms with Gasteiger partial charge in [0.05, 0.1) is 25.9 Å². The van der Waals surface area contributed by atoms with E-state index in [1.54, 1.807) is 0 Å². The van der Waals surface area contributed by atoms with Gasteiger partial charge in [0, 0.05) is 17.8 Å². The van der Waals surface area contributed by atoms with Crippen molar-refractivity contribution in [1.29, 1.82) is 0 Å². The molecule has 6 nitrogen and oxygen atoms in total. The van der Waals surface area contributed by atoms with Gasteiger partial charge in [0.2, 0.25) is 0 Å². The molecule has 2 atom stereocenters. The zero-order valence-corrected chi connectivity index (χ0v) is 9.09. The number of carbonyl (C=O) groups excluding carboxylic acids is 1. The van der Waals surface area contributed by atoms with Crippen molar-refractivity contribution >= 4 is 5.78 Å². The average molecular weight is 230 g/mol. The van der Waals surface area contributed by atoms with Crippen LogP contribution in [-0.2, 0) is 14.3 Å². The highest BCUT2D eigenvalue weighted by atomic mass is 16.5. The van der Waals surface area contributed by atoms with E-state index in [0.29, 0.717) is 31.9 Å². The summed E-state index contributed by atoms with van der Waals surface area (Å²) < 4.78 is 9.67. The van der Waals surface area contributed by atoms with Crippen LogP contribution in [0.2, 0.25) is 0 Å². The first-order valence-corrected chi connectivity index (χ1v) is 5.16. The van der Waals surface area contributed by atoms with Crippen LogP contribution in [0.1, 0.15) is 6.42 Å². The summed E-state index contributed by atoms with van der Waals surface area (Å²) in [5.74, 6) is -0.0475. The Morgan fingerprint density at radius 3 is 2.44 bits per heavy atom. The van der Waals surface area contributed by atoms with Crippen LogP contribution in [0.15, 0.2) is 11.8 Å². The minimum atomic E-state index is -0.334. The van der Waals surface area contributed by atoms with Gasteiger partial charge in [0.25, 0.3) is 0 Å². The molecule has 0 aromatic carbocycles. The minimum absolute atomic E-state index is 0.0405. The Bertz CT molecular complexity index is 260. The Hall–Kier alpha value is -0.950. The van der Waals surface area contributed by atoms with Crippen molar-refractivity contribution < 1.29 is 19.4 Å². The zero-order chi connectivity index (χ0) is 12.0. The molecule has 2 heterocycles. The van der Waals surface area contributed by atoms with Crippen molar-refractivity contribution in [3.63, 3.8) is 0 Å². The summed E-state index contributed by atoms with van der Waals surface area (Å²) in [7, 11) is 0. The topological polar surface area (TPSA) is 108 Å². The highest BCUT2D eigenvalue weighted by molar-refractivity contribution is 5.91. The maximum absolute atomic E-state index is 10.4. The monoisotopic (exact) mass is 230 g/mol. The van der Waals surface area contributed by atoms with Crippen LogP contribution in [0.3, 0.4) is 0 Å². The molecule has 6 heteroatoms. The first-order valence-electron chi connectivity index (χ1n) is 5.16. The van der Waals surface area contributed by atoms with E-state index in [2.05, 4.69) is 0 Å². The Kier molecular flexibility index (Phi) is 5.41. The summed E-state index contributed by atoms with van der Waals surface area (Å²) in [5.41, 5.74) is 11.2. The van der Waals surface area contributed by atoms with Crippen molar-refractivity contribution in [1.82, 2.24) is 0 Å². The third-order valence-electron chi connectivity index (χ3n) is 2.08. The van der Waals surface area contributed by atoms with Crippen molar-refractivity contribution in [2.75, 3.05) is 26.4 Å². The number of carbonyl (C=O) groups is 1. The molecule has 16 heavy (non-hydrogen) atoms. The van der Waals surface area contributed by atoms with Crippen LogP contribution in [0.4, 0.5) is 0 Å². The van der Waals surface area contributed by atoms with E-state index in [9.17, 15) is 4.79 Å². The summed E-state index contributed by atoms with van der Waals surface area (Å²) in [6.07, 6.45) is 1.75. The van der Waals surface area contributed by atoms with Crippen LogP contribution < -0.4 is 11.5 Å². The Morgan fingerprint density at radius 2 is 2.06 bits per heavy atom. The predicted octanol–water partition coefficient (Wildman–Crippen LogP) is -1.48. The summed E-state index contributed by atoms with van der Waals surface area (Å²) in [4.78, 5) is 10.4. The number of ketones is 1. The van der Waals surface area contributed by atoms with E-state index in [-0.39, 0.29) is 24.5 Å². The van der Waals surface area contributed by atoms with Crippen LogP contribution in [-0.4, -0.2) is 49.5 Å². The van der Waals surface area contributed by atoms with E-state index in [0.717, 1.165) is 0 Å². The normalized spacial score (nSPS) is 30.1. The molecular weight excluding hydrogens is 212 g/mol. The van der Waals surface area contributed by atoms with Crippen LogP contribution >= 0.6 is 0 Å². The van der Waals surface area contributed by atoms with Gasteiger partial charge >= 0.3 is 0 Å². The van der Waals surface area contributed by atoms with Crippen LogP contribution in [0, 0.1) is 0 Å². The van der Waals surface area contributed by atoms with Gasteiger partial charge in [-0.3, -0.25) is 4.79 Å². The number of hydrogen-bond donors (Lipinski definition) is 3. The molecule has 2 unspecified atom stereocenters. The highest BCUT2D eigenvalue weighted by Crippen LogP contribution is 2.03. The van der Waals surface area contributed by atoms with Gasteiger partial charge in [-0.1, -0.05) is 0 Å². The fourth-order valence-electron chi connectivity index (χ4n) is 1.40. The average Bonchev–Trinajstić information content (AvgIpc) is 2.17. The molecule has 0 aliphatic carbocycles. The quantitative estimate of drug-likeness (QED) is 0.468. The van der Waals surface area contributed by atoms with Crippen molar-refractivity contribution in [2.24, 2.45) is 11.5 Å². The largest absolute Gasteiger partial charge is 0.400 e. The molecular formula is C10H18N2O4. The minimum Gasteiger partial charge on any atom is -0.400 e. The molecule has 2 rings (SSSR count). The van der Waals surface area contributed by atoms with E-state index >= 15 is 0 Å². The second kappa shape index (κ2) is 6.59. The second-order valence-corrected chi connectivity index (χ2v) is 3.87. The van der Waals surface area contributed by atoms with E-state index in [1.807, 2.05) is 0 Å². The molecule has 0 saturated carbocycles. The van der Waals surface area contributed by atoms with Crippen molar-refractivity contribution in [3.8, 4) is 0 Å². The lowest BCUT2D eigenvalue weighted by atomic mass is 10.1. The maximum Gasteiger partial charge on any atom is 0.183 e. The smallest absolute Gasteiger partial charge is 0.183 e. The third-order valence-corrected chi connectivity index (χ3v) is 2.08. The SMILES string of the molecule is NC1=CC(=O)COC1.NC1COCC(O)C1. The maximum atomic E-state index is 10.4. The Balaban J connectivity index is 0.000000160. The number of ether oxygens (including phenoxy) is 2. The van der Waals surface area contributed by atoms with Crippen molar-refractivity contribution in [3.05, 3.63) is 11.8 Å². The van der Waals surface area contributed by atoms with E-state index < -0.39 is 0 Å². The van der Waals surface area contributed by atoms with Crippen LogP contribution in [0.25, 0.3) is 0 Å². The second-order valence-electron chi connectivity index (χ2n) is 3.87.